The minimum absolute atomic E-state index is 0.275. The van der Waals surface area contributed by atoms with Crippen molar-refractivity contribution in [2.24, 2.45) is 0 Å². The average Bonchev–Trinajstić information content (AvgIpc) is 3.25. The van der Waals surface area contributed by atoms with Crippen LogP contribution in [0.15, 0.2) is 103 Å². The predicted octanol–water partition coefficient (Wildman–Crippen LogP) is 7.01. The molecule has 0 spiro atoms. The van der Waals surface area contributed by atoms with Gasteiger partial charge in [-0.15, -0.1) is 11.3 Å². The number of nitrogens with two attached hydrogens (primary N) is 1. The van der Waals surface area contributed by atoms with Crippen molar-refractivity contribution in [2.45, 2.75) is 0 Å². The predicted molar refractivity (Wildman–Crippen MR) is 145 cm³/mol. The van der Waals surface area contributed by atoms with E-state index in [0.29, 0.717) is 16.3 Å². The Bertz CT molecular complexity index is 1690. The van der Waals surface area contributed by atoms with Gasteiger partial charge in [-0.25, -0.2) is 4.98 Å². The van der Waals surface area contributed by atoms with Gasteiger partial charge in [0.15, 0.2) is 0 Å². The van der Waals surface area contributed by atoms with Crippen LogP contribution in [0.1, 0.15) is 9.67 Å². The number of aromatic nitrogens is 2. The highest BCUT2D eigenvalue weighted by Gasteiger charge is 2.22. The quantitative estimate of drug-likeness (QED) is 0.289. The Morgan fingerprint density at radius 2 is 1.51 bits per heavy atom. The summed E-state index contributed by atoms with van der Waals surface area (Å²) in [6.07, 6.45) is 1.66. The summed E-state index contributed by atoms with van der Waals surface area (Å²) in [5.74, 6) is -0.275. The molecule has 0 aliphatic rings. The number of rotatable bonds is 4. The first-order valence-electron chi connectivity index (χ1n) is 11.2. The zero-order valence-electron chi connectivity index (χ0n) is 18.6. The van der Waals surface area contributed by atoms with Crippen LogP contribution < -0.4 is 11.1 Å². The number of amides is 1. The average molecular weight is 473 g/mol. The Morgan fingerprint density at radius 1 is 0.829 bits per heavy atom. The van der Waals surface area contributed by atoms with Crippen LogP contribution in [0, 0.1) is 0 Å². The largest absolute Gasteiger partial charge is 0.397 e. The number of fused-ring (bicyclic) bond motifs is 2. The van der Waals surface area contributed by atoms with E-state index >= 15 is 0 Å². The lowest BCUT2D eigenvalue weighted by molar-refractivity contribution is 0.103. The number of para-hydroxylation sites is 1. The van der Waals surface area contributed by atoms with Crippen LogP contribution in [0.25, 0.3) is 43.5 Å². The van der Waals surface area contributed by atoms with Crippen molar-refractivity contribution in [2.75, 3.05) is 11.1 Å². The third-order valence-electron chi connectivity index (χ3n) is 5.91. The van der Waals surface area contributed by atoms with Crippen LogP contribution in [0.5, 0.6) is 0 Å². The lowest BCUT2D eigenvalue weighted by Gasteiger charge is -2.09. The molecule has 3 aromatic carbocycles. The van der Waals surface area contributed by atoms with E-state index in [4.69, 9.17) is 10.7 Å². The van der Waals surface area contributed by atoms with E-state index < -0.39 is 0 Å². The van der Waals surface area contributed by atoms with E-state index in [0.717, 1.165) is 43.5 Å². The van der Waals surface area contributed by atoms with Gasteiger partial charge >= 0.3 is 0 Å². The molecular weight excluding hydrogens is 452 g/mol. The first-order valence-corrected chi connectivity index (χ1v) is 12.0. The number of anilines is 2. The molecule has 0 saturated carbocycles. The number of hydrogen-bond acceptors (Lipinski definition) is 5. The number of pyridine rings is 2. The summed E-state index contributed by atoms with van der Waals surface area (Å²) >= 11 is 1.30. The Kier molecular flexibility index (Phi) is 5.20. The summed E-state index contributed by atoms with van der Waals surface area (Å²) in [6.45, 7) is 0. The van der Waals surface area contributed by atoms with Gasteiger partial charge in [0.05, 0.1) is 28.8 Å². The highest BCUT2D eigenvalue weighted by Crippen LogP contribution is 2.41. The second-order valence-corrected chi connectivity index (χ2v) is 9.18. The van der Waals surface area contributed by atoms with Crippen LogP contribution in [0.2, 0.25) is 0 Å². The summed E-state index contributed by atoms with van der Waals surface area (Å²) in [7, 11) is 0. The van der Waals surface area contributed by atoms with Crippen molar-refractivity contribution in [3.63, 3.8) is 0 Å². The monoisotopic (exact) mass is 472 g/mol. The summed E-state index contributed by atoms with van der Waals surface area (Å²) < 4.78 is 0. The highest BCUT2D eigenvalue weighted by atomic mass is 32.1. The summed E-state index contributed by atoms with van der Waals surface area (Å²) in [6, 6.07) is 31.8. The molecule has 3 heterocycles. The number of carbonyl (C=O) groups excluding carboxylic acids is 1. The number of benzene rings is 3. The number of hydrogen-bond donors (Lipinski definition) is 2. The Hall–Kier alpha value is -4.55. The third-order valence-corrected chi connectivity index (χ3v) is 7.01. The van der Waals surface area contributed by atoms with Gasteiger partial charge in [-0.3, -0.25) is 9.78 Å². The van der Waals surface area contributed by atoms with E-state index in [1.807, 2.05) is 97.1 Å². The molecule has 0 aliphatic heterocycles. The molecule has 0 radical (unpaired) electrons. The van der Waals surface area contributed by atoms with Gasteiger partial charge in [-0.05, 0) is 29.3 Å². The maximum Gasteiger partial charge on any atom is 0.267 e. The standard InChI is InChI=1S/C29H20N4OS/c30-26-25-22(18-9-3-1-4-10-18)16-24(19-11-5-2-6-12-19)33-29(25)35-27(26)28(34)32-21-15-20-13-7-8-14-23(20)31-17-21/h1-17H,30H2,(H,32,34). The van der Waals surface area contributed by atoms with E-state index in [-0.39, 0.29) is 5.91 Å². The zero-order chi connectivity index (χ0) is 23.8. The smallest absolute Gasteiger partial charge is 0.267 e. The Morgan fingerprint density at radius 3 is 2.29 bits per heavy atom. The van der Waals surface area contributed by atoms with E-state index in [1.54, 1.807) is 6.20 Å². The van der Waals surface area contributed by atoms with E-state index in [1.165, 1.54) is 11.3 Å². The highest BCUT2D eigenvalue weighted by molar-refractivity contribution is 7.21. The van der Waals surface area contributed by atoms with E-state index in [9.17, 15) is 4.79 Å². The fraction of sp³-hybridized carbons (Fsp3) is 0. The molecule has 1 amide bonds. The molecular formula is C29H20N4OS. The van der Waals surface area contributed by atoms with Gasteiger partial charge in [0.25, 0.3) is 5.91 Å². The summed E-state index contributed by atoms with van der Waals surface area (Å²) in [5, 5.41) is 4.71. The SMILES string of the molecule is Nc1c(C(=O)Nc2cnc3ccccc3c2)sc2nc(-c3ccccc3)cc(-c3ccccc3)c12. The number of carbonyl (C=O) groups is 1. The Labute approximate surface area is 205 Å². The van der Waals surface area contributed by atoms with Crippen molar-refractivity contribution >= 4 is 49.7 Å². The summed E-state index contributed by atoms with van der Waals surface area (Å²) in [5.41, 5.74) is 12.3. The Balaban J connectivity index is 1.47. The first-order chi connectivity index (χ1) is 17.2. The molecule has 0 aliphatic carbocycles. The van der Waals surface area contributed by atoms with Gasteiger partial charge in [-0.1, -0.05) is 78.9 Å². The maximum absolute atomic E-state index is 13.3. The molecule has 3 aromatic heterocycles. The lowest BCUT2D eigenvalue weighted by atomic mass is 9.99. The van der Waals surface area contributed by atoms with Crippen LogP contribution >= 0.6 is 11.3 Å². The van der Waals surface area contributed by atoms with Crippen molar-refractivity contribution < 1.29 is 4.79 Å². The van der Waals surface area contributed by atoms with Crippen LogP contribution in [0.4, 0.5) is 11.4 Å². The molecule has 35 heavy (non-hydrogen) atoms. The third kappa shape index (κ3) is 3.90. The molecule has 0 fully saturated rings. The normalized spacial score (nSPS) is 11.1. The zero-order valence-corrected chi connectivity index (χ0v) is 19.4. The minimum Gasteiger partial charge on any atom is -0.397 e. The van der Waals surface area contributed by atoms with Crippen LogP contribution in [0.3, 0.4) is 0 Å². The molecule has 3 N–H and O–H groups in total. The second kappa shape index (κ2) is 8.66. The lowest BCUT2D eigenvalue weighted by Crippen LogP contribution is -2.12. The van der Waals surface area contributed by atoms with Crippen molar-refractivity contribution in [1.82, 2.24) is 9.97 Å². The molecule has 0 atom stereocenters. The fourth-order valence-corrected chi connectivity index (χ4v) is 5.23. The second-order valence-electron chi connectivity index (χ2n) is 8.18. The van der Waals surface area contributed by atoms with E-state index in [2.05, 4.69) is 10.3 Å². The summed E-state index contributed by atoms with van der Waals surface area (Å²) in [4.78, 5) is 23.8. The molecule has 168 valence electrons. The van der Waals surface area contributed by atoms with Gasteiger partial charge in [-0.2, -0.15) is 0 Å². The van der Waals surface area contributed by atoms with Gasteiger partial charge in [0.2, 0.25) is 0 Å². The minimum atomic E-state index is -0.275. The maximum atomic E-state index is 13.3. The van der Waals surface area contributed by atoms with Crippen molar-refractivity contribution in [3.05, 3.63) is 108 Å². The number of nitrogens with zero attached hydrogens (tertiary/aromatic N) is 2. The molecule has 0 saturated heterocycles. The van der Waals surface area contributed by atoms with Crippen molar-refractivity contribution in [1.29, 1.82) is 0 Å². The fourth-order valence-electron chi connectivity index (χ4n) is 4.22. The molecule has 6 heteroatoms. The molecule has 0 bridgehead atoms. The molecule has 0 unspecified atom stereocenters. The van der Waals surface area contributed by atoms with Crippen LogP contribution in [-0.2, 0) is 0 Å². The number of nitrogens with one attached hydrogen (secondary N) is 1. The van der Waals surface area contributed by atoms with Gasteiger partial charge in [0.1, 0.15) is 9.71 Å². The molecule has 6 rings (SSSR count). The number of thiophene rings is 1. The molecule has 5 nitrogen and oxygen atoms in total. The van der Waals surface area contributed by atoms with Gasteiger partial charge in [0, 0.05) is 16.3 Å². The van der Waals surface area contributed by atoms with Gasteiger partial charge < -0.3 is 11.1 Å². The van der Waals surface area contributed by atoms with Crippen molar-refractivity contribution in [3.8, 4) is 22.4 Å². The van der Waals surface area contributed by atoms with Crippen LogP contribution in [-0.4, -0.2) is 15.9 Å². The number of nitrogen functional groups attached to an aromatic ring is 1. The molecule has 6 aromatic rings. The first kappa shape index (κ1) is 21.0. The topological polar surface area (TPSA) is 80.9 Å².